The standard InChI is InChI=1S/C36H37N5O8S/c1-21-22(2)50-36-33(21)34(38-30(17-32(45)46-4)35-40-39-23(3)41(35)36)25-7-5-24(6-8-25)26-9-10-27(28(15-26)18-37)16-29(42)19-48-13-11-47-12-14-49-20-31(43)44/h5-10,15,30H,11-14,16-17,19-20H2,1-4H3,(H,43,44)/t30-/m0/s1. The molecule has 3 heterocycles. The number of methoxy groups -OCH3 is 1. The van der Waals surface area contributed by atoms with Gasteiger partial charge in [-0.25, -0.2) is 4.79 Å². The minimum atomic E-state index is -1.05. The summed E-state index contributed by atoms with van der Waals surface area (Å²) in [5, 5.41) is 28.1. The molecule has 1 atom stereocenters. The van der Waals surface area contributed by atoms with Crippen molar-refractivity contribution in [3.05, 3.63) is 86.8 Å². The number of aryl methyl sites for hydroxylation is 2. The minimum Gasteiger partial charge on any atom is -0.480 e. The highest BCUT2D eigenvalue weighted by atomic mass is 32.1. The molecule has 0 saturated carbocycles. The zero-order valence-electron chi connectivity index (χ0n) is 28.2. The topological polar surface area (TPSA) is 175 Å². The van der Waals surface area contributed by atoms with E-state index < -0.39 is 18.0 Å². The molecule has 5 rings (SSSR count). The lowest BCUT2D eigenvalue weighted by Crippen LogP contribution is -2.16. The largest absolute Gasteiger partial charge is 0.480 e. The van der Waals surface area contributed by atoms with Gasteiger partial charge in [-0.3, -0.25) is 19.1 Å². The van der Waals surface area contributed by atoms with Gasteiger partial charge in [0.15, 0.2) is 11.6 Å². The number of rotatable bonds is 16. The Kier molecular flexibility index (Phi) is 12.0. The van der Waals surface area contributed by atoms with Gasteiger partial charge >= 0.3 is 11.9 Å². The number of hydrogen-bond acceptors (Lipinski definition) is 12. The number of nitriles is 1. The van der Waals surface area contributed by atoms with Gasteiger partial charge in [0.1, 0.15) is 30.1 Å². The first kappa shape index (κ1) is 36.2. The van der Waals surface area contributed by atoms with Crippen LogP contribution in [-0.2, 0) is 39.8 Å². The number of carboxylic acids is 1. The molecule has 1 aliphatic rings. The van der Waals surface area contributed by atoms with Crippen LogP contribution in [0.5, 0.6) is 0 Å². The molecule has 13 nitrogen and oxygen atoms in total. The molecule has 0 amide bonds. The lowest BCUT2D eigenvalue weighted by molar-refractivity contribution is -0.143. The van der Waals surface area contributed by atoms with Gasteiger partial charge in [0, 0.05) is 22.4 Å². The van der Waals surface area contributed by atoms with E-state index in [9.17, 15) is 19.6 Å². The van der Waals surface area contributed by atoms with Crippen LogP contribution in [0.3, 0.4) is 0 Å². The summed E-state index contributed by atoms with van der Waals surface area (Å²) < 4.78 is 22.5. The van der Waals surface area contributed by atoms with Gasteiger partial charge in [-0.15, -0.1) is 21.5 Å². The summed E-state index contributed by atoms with van der Waals surface area (Å²) >= 11 is 1.63. The molecule has 0 fully saturated rings. The van der Waals surface area contributed by atoms with Gasteiger partial charge in [-0.2, -0.15) is 5.26 Å². The first-order valence-corrected chi connectivity index (χ1v) is 16.7. The molecule has 2 aromatic carbocycles. The van der Waals surface area contributed by atoms with Gasteiger partial charge in [-0.1, -0.05) is 36.4 Å². The summed E-state index contributed by atoms with van der Waals surface area (Å²) in [5.74, 6) is -0.324. The van der Waals surface area contributed by atoms with Gasteiger partial charge in [-0.05, 0) is 49.1 Å². The predicted octanol–water partition coefficient (Wildman–Crippen LogP) is 4.49. The summed E-state index contributed by atoms with van der Waals surface area (Å²) in [6.07, 6.45) is 0.0652. The number of nitrogens with zero attached hydrogens (tertiary/aromatic N) is 5. The molecule has 0 bridgehead atoms. The summed E-state index contributed by atoms with van der Waals surface area (Å²) in [4.78, 5) is 41.7. The fourth-order valence-electron chi connectivity index (χ4n) is 5.55. The average Bonchev–Trinajstić information content (AvgIpc) is 3.58. The smallest absolute Gasteiger partial charge is 0.329 e. The number of Topliss-reactive ketones (excluding diaryl/α,β-unsaturated/α-hetero) is 1. The van der Waals surface area contributed by atoms with Crippen LogP contribution in [0.4, 0.5) is 0 Å². The highest BCUT2D eigenvalue weighted by molar-refractivity contribution is 7.15. The number of carbonyl (C=O) groups is 3. The maximum Gasteiger partial charge on any atom is 0.329 e. The van der Waals surface area contributed by atoms with Crippen LogP contribution in [0.2, 0.25) is 0 Å². The highest BCUT2D eigenvalue weighted by Crippen LogP contribution is 2.39. The van der Waals surface area contributed by atoms with E-state index >= 15 is 0 Å². The second-order valence-electron chi connectivity index (χ2n) is 11.6. The first-order valence-electron chi connectivity index (χ1n) is 15.9. The van der Waals surface area contributed by atoms with E-state index in [1.54, 1.807) is 23.5 Å². The molecular weight excluding hydrogens is 662 g/mol. The van der Waals surface area contributed by atoms with E-state index in [1.807, 2.05) is 41.8 Å². The van der Waals surface area contributed by atoms with Crippen LogP contribution < -0.4 is 0 Å². The summed E-state index contributed by atoms with van der Waals surface area (Å²) in [5.41, 5.74) is 6.38. The molecule has 4 aromatic rings. The number of thiophene rings is 1. The van der Waals surface area contributed by atoms with Crippen LogP contribution in [0.15, 0.2) is 47.5 Å². The highest BCUT2D eigenvalue weighted by Gasteiger charge is 2.32. The number of esters is 1. The van der Waals surface area contributed by atoms with Crippen LogP contribution in [0, 0.1) is 32.1 Å². The number of ketones is 1. The van der Waals surface area contributed by atoms with Gasteiger partial charge in [0.2, 0.25) is 0 Å². The van der Waals surface area contributed by atoms with Crippen molar-refractivity contribution in [2.45, 2.75) is 39.7 Å². The van der Waals surface area contributed by atoms with E-state index in [1.165, 1.54) is 7.11 Å². The van der Waals surface area contributed by atoms with Crippen molar-refractivity contribution in [3.8, 4) is 22.2 Å². The molecule has 0 radical (unpaired) electrons. The SMILES string of the molecule is COC(=O)C[C@@H]1N=C(c2ccc(-c3ccc(CC(=O)COCCOCCOCC(=O)O)c(C#N)c3)cc2)c2c(sc(C)c2C)-n2c(C)nnc21. The first-order chi connectivity index (χ1) is 24.1. The zero-order valence-corrected chi connectivity index (χ0v) is 29.0. The number of benzene rings is 2. The Labute approximate surface area is 293 Å². The third-order valence-corrected chi connectivity index (χ3v) is 9.36. The molecule has 0 saturated heterocycles. The molecule has 0 unspecified atom stereocenters. The Morgan fingerprint density at radius 2 is 1.58 bits per heavy atom. The number of fused-ring (bicyclic) bond motifs is 3. The lowest BCUT2D eigenvalue weighted by atomic mass is 9.94. The number of aromatic nitrogens is 3. The van der Waals surface area contributed by atoms with Crippen molar-refractivity contribution in [2.24, 2.45) is 4.99 Å². The Hall–Kier alpha value is -5.07. The van der Waals surface area contributed by atoms with Crippen LogP contribution in [-0.4, -0.2) is 90.1 Å². The molecule has 2 aromatic heterocycles. The maximum absolute atomic E-state index is 12.6. The van der Waals surface area contributed by atoms with E-state index in [2.05, 4.69) is 30.1 Å². The molecular formula is C36H37N5O8S. The Morgan fingerprint density at radius 3 is 2.26 bits per heavy atom. The summed E-state index contributed by atoms with van der Waals surface area (Å²) in [6, 6.07) is 14.9. The zero-order chi connectivity index (χ0) is 35.8. The fraction of sp³-hybridized carbons (Fsp3) is 0.361. The molecule has 1 N–H and O–H groups in total. The Balaban J connectivity index is 1.29. The quantitative estimate of drug-likeness (QED) is 0.129. The van der Waals surface area contributed by atoms with Crippen molar-refractivity contribution in [2.75, 3.05) is 46.8 Å². The number of aliphatic carboxylic acids is 1. The lowest BCUT2D eigenvalue weighted by Gasteiger charge is -2.12. The van der Waals surface area contributed by atoms with Crippen molar-refractivity contribution in [3.63, 3.8) is 0 Å². The fourth-order valence-corrected chi connectivity index (χ4v) is 6.76. The number of carbonyl (C=O) groups excluding carboxylic acids is 2. The van der Waals surface area contributed by atoms with Gasteiger partial charge in [0.25, 0.3) is 0 Å². The number of aliphatic imine (C=N–C) groups is 1. The van der Waals surface area contributed by atoms with E-state index in [-0.39, 0.29) is 58.3 Å². The van der Waals surface area contributed by atoms with Crippen molar-refractivity contribution in [1.82, 2.24) is 14.8 Å². The van der Waals surface area contributed by atoms with Gasteiger partial charge < -0.3 is 24.1 Å². The number of hydrogen-bond donors (Lipinski definition) is 1. The van der Waals surface area contributed by atoms with E-state index in [0.29, 0.717) is 22.8 Å². The average molecular weight is 700 g/mol. The summed E-state index contributed by atoms with van der Waals surface area (Å²) in [7, 11) is 1.35. The van der Waals surface area contributed by atoms with Crippen molar-refractivity contribution in [1.29, 1.82) is 5.26 Å². The predicted molar refractivity (Wildman–Crippen MR) is 184 cm³/mol. The molecule has 260 valence electrons. The molecule has 0 aliphatic carbocycles. The molecule has 0 spiro atoms. The van der Waals surface area contributed by atoms with Crippen molar-refractivity contribution < 1.29 is 38.4 Å². The van der Waals surface area contributed by atoms with Crippen LogP contribution >= 0.6 is 11.3 Å². The second kappa shape index (κ2) is 16.6. The second-order valence-corrected chi connectivity index (χ2v) is 12.8. The Morgan fingerprint density at radius 1 is 0.920 bits per heavy atom. The van der Waals surface area contributed by atoms with Crippen LogP contribution in [0.25, 0.3) is 16.1 Å². The molecule has 1 aliphatic heterocycles. The summed E-state index contributed by atoms with van der Waals surface area (Å²) in [6.45, 7) is 6.31. The molecule has 14 heteroatoms. The van der Waals surface area contributed by atoms with E-state index in [0.717, 1.165) is 43.4 Å². The van der Waals surface area contributed by atoms with Gasteiger partial charge in [0.05, 0.1) is 57.3 Å². The monoisotopic (exact) mass is 699 g/mol. The third kappa shape index (κ3) is 8.38. The van der Waals surface area contributed by atoms with E-state index in [4.69, 9.17) is 29.0 Å². The number of ether oxygens (including phenoxy) is 4. The van der Waals surface area contributed by atoms with Crippen LogP contribution in [0.1, 0.15) is 56.8 Å². The van der Waals surface area contributed by atoms with Crippen molar-refractivity contribution >= 4 is 34.8 Å². The maximum atomic E-state index is 12.6. The molecule has 50 heavy (non-hydrogen) atoms. The Bertz CT molecular complexity index is 1960. The normalized spacial score (nSPS) is 13.5. The minimum absolute atomic E-state index is 0.0168. The third-order valence-electron chi connectivity index (χ3n) is 8.17. The number of carboxylic acid groups (broad SMARTS) is 1.